The highest BCUT2D eigenvalue weighted by atomic mass is 16.2. The SMILES string of the molecule is C=C/C=C\C=C(/C=C)NC(=O)Nc1ccc(N(C)c2ccnc(Nc3ccccc3)n2)cc1. The Morgan fingerprint density at radius 1 is 0.970 bits per heavy atom. The Morgan fingerprint density at radius 2 is 1.73 bits per heavy atom. The first-order valence-electron chi connectivity index (χ1n) is 10.3. The maximum atomic E-state index is 12.3. The van der Waals surface area contributed by atoms with Crippen LogP contribution in [0.3, 0.4) is 0 Å². The number of anilines is 5. The molecule has 0 saturated heterocycles. The zero-order valence-electron chi connectivity index (χ0n) is 18.4. The summed E-state index contributed by atoms with van der Waals surface area (Å²) in [6.07, 6.45) is 10.2. The Labute approximate surface area is 193 Å². The molecule has 0 aliphatic carbocycles. The van der Waals surface area contributed by atoms with Gasteiger partial charge in [0.05, 0.1) is 0 Å². The van der Waals surface area contributed by atoms with Crippen LogP contribution < -0.4 is 20.9 Å². The number of carbonyl (C=O) groups is 1. The van der Waals surface area contributed by atoms with Crippen LogP contribution in [-0.2, 0) is 0 Å². The standard InChI is InChI=1S/C26H26N6O/c1-4-6-8-11-20(5-2)29-26(33)30-22-14-16-23(17-15-22)32(3)24-18-19-27-25(31-24)28-21-12-9-7-10-13-21/h4-19H,1-2H2,3H3,(H,27,28,31)(H2,29,30,33)/b8-6-,20-11+. The largest absolute Gasteiger partial charge is 0.329 e. The molecule has 0 fully saturated rings. The van der Waals surface area contributed by atoms with Crippen LogP contribution in [0.4, 0.5) is 33.6 Å². The van der Waals surface area contributed by atoms with E-state index in [0.717, 1.165) is 17.2 Å². The number of carbonyl (C=O) groups excluding carboxylic acids is 1. The van der Waals surface area contributed by atoms with Gasteiger partial charge in [0.25, 0.3) is 0 Å². The number of urea groups is 1. The first kappa shape index (κ1) is 23.0. The van der Waals surface area contributed by atoms with Gasteiger partial charge in [-0.1, -0.05) is 49.6 Å². The zero-order valence-corrected chi connectivity index (χ0v) is 18.4. The van der Waals surface area contributed by atoms with Crippen LogP contribution in [0, 0.1) is 0 Å². The van der Waals surface area contributed by atoms with E-state index >= 15 is 0 Å². The normalized spacial score (nSPS) is 11.0. The summed E-state index contributed by atoms with van der Waals surface area (Å²) in [4.78, 5) is 23.1. The summed E-state index contributed by atoms with van der Waals surface area (Å²) in [7, 11) is 1.92. The molecule has 2 aromatic carbocycles. The number of benzene rings is 2. The number of allylic oxidation sites excluding steroid dienone is 5. The van der Waals surface area contributed by atoms with Gasteiger partial charge in [0.2, 0.25) is 5.95 Å². The molecular formula is C26H26N6O. The van der Waals surface area contributed by atoms with Crippen LogP contribution in [0.15, 0.2) is 116 Å². The lowest BCUT2D eigenvalue weighted by molar-refractivity contribution is 0.254. The summed E-state index contributed by atoms with van der Waals surface area (Å²) in [5, 5.41) is 8.73. The molecule has 1 aromatic heterocycles. The molecule has 0 bridgehead atoms. The van der Waals surface area contributed by atoms with Gasteiger partial charge in [0, 0.05) is 36.0 Å². The number of amides is 2. The van der Waals surface area contributed by atoms with Gasteiger partial charge >= 0.3 is 6.03 Å². The Morgan fingerprint density at radius 3 is 2.42 bits per heavy atom. The van der Waals surface area contributed by atoms with E-state index in [1.54, 1.807) is 36.6 Å². The van der Waals surface area contributed by atoms with Gasteiger partial charge in [-0.2, -0.15) is 4.98 Å². The lowest BCUT2D eigenvalue weighted by atomic mass is 10.2. The van der Waals surface area contributed by atoms with Crippen molar-refractivity contribution in [2.45, 2.75) is 0 Å². The summed E-state index contributed by atoms with van der Waals surface area (Å²) < 4.78 is 0. The Kier molecular flexibility index (Phi) is 8.14. The average molecular weight is 439 g/mol. The van der Waals surface area contributed by atoms with Crippen molar-refractivity contribution >= 4 is 34.9 Å². The van der Waals surface area contributed by atoms with Gasteiger partial charge in [-0.05, 0) is 54.6 Å². The molecule has 1 heterocycles. The van der Waals surface area contributed by atoms with E-state index in [0.29, 0.717) is 17.3 Å². The molecule has 0 unspecified atom stereocenters. The molecule has 3 N–H and O–H groups in total. The average Bonchev–Trinajstić information content (AvgIpc) is 2.84. The van der Waals surface area contributed by atoms with Crippen molar-refractivity contribution in [1.29, 1.82) is 0 Å². The second-order valence-corrected chi connectivity index (χ2v) is 6.86. The van der Waals surface area contributed by atoms with Crippen LogP contribution in [-0.4, -0.2) is 23.0 Å². The molecule has 0 aliphatic heterocycles. The van der Waals surface area contributed by atoms with Crippen molar-refractivity contribution in [3.05, 3.63) is 116 Å². The molecule has 0 spiro atoms. The van der Waals surface area contributed by atoms with E-state index in [1.807, 2.05) is 72.6 Å². The van der Waals surface area contributed by atoms with E-state index in [2.05, 4.69) is 39.1 Å². The summed E-state index contributed by atoms with van der Waals surface area (Å²) in [6, 6.07) is 18.7. The van der Waals surface area contributed by atoms with E-state index in [-0.39, 0.29) is 6.03 Å². The fourth-order valence-corrected chi connectivity index (χ4v) is 2.84. The third kappa shape index (κ3) is 6.93. The highest BCUT2D eigenvalue weighted by Gasteiger charge is 2.09. The van der Waals surface area contributed by atoms with Gasteiger partial charge in [-0.15, -0.1) is 0 Å². The number of aromatic nitrogens is 2. The molecule has 3 rings (SSSR count). The number of nitrogens with zero attached hydrogens (tertiary/aromatic N) is 3. The molecule has 0 saturated carbocycles. The summed E-state index contributed by atoms with van der Waals surface area (Å²) in [5.74, 6) is 1.24. The molecule has 7 nitrogen and oxygen atoms in total. The molecule has 33 heavy (non-hydrogen) atoms. The second-order valence-electron chi connectivity index (χ2n) is 6.86. The Balaban J connectivity index is 1.63. The van der Waals surface area contributed by atoms with E-state index in [9.17, 15) is 4.79 Å². The number of hydrogen-bond donors (Lipinski definition) is 3. The van der Waals surface area contributed by atoms with Crippen LogP contribution in [0.5, 0.6) is 0 Å². The molecule has 0 radical (unpaired) electrons. The Hall–Kier alpha value is -4.65. The van der Waals surface area contributed by atoms with Crippen LogP contribution >= 0.6 is 0 Å². The lowest BCUT2D eigenvalue weighted by Gasteiger charge is -2.19. The maximum Gasteiger partial charge on any atom is 0.323 e. The van der Waals surface area contributed by atoms with Crippen molar-refractivity contribution in [3.8, 4) is 0 Å². The van der Waals surface area contributed by atoms with Gasteiger partial charge < -0.3 is 20.9 Å². The van der Waals surface area contributed by atoms with Crippen LogP contribution in [0.2, 0.25) is 0 Å². The van der Waals surface area contributed by atoms with E-state index in [1.165, 1.54) is 0 Å². The monoisotopic (exact) mass is 438 g/mol. The smallest absolute Gasteiger partial charge is 0.323 e. The van der Waals surface area contributed by atoms with Gasteiger partial charge in [0.1, 0.15) is 5.82 Å². The second kappa shape index (κ2) is 11.7. The molecule has 0 atom stereocenters. The maximum absolute atomic E-state index is 12.3. The topological polar surface area (TPSA) is 82.2 Å². The van der Waals surface area contributed by atoms with Gasteiger partial charge in [-0.3, -0.25) is 0 Å². The molecule has 3 aromatic rings. The predicted octanol–water partition coefficient (Wildman–Crippen LogP) is 5.92. The van der Waals surface area contributed by atoms with E-state index in [4.69, 9.17) is 0 Å². The summed E-state index contributed by atoms with van der Waals surface area (Å²) >= 11 is 0. The fourth-order valence-electron chi connectivity index (χ4n) is 2.84. The minimum absolute atomic E-state index is 0.360. The highest BCUT2D eigenvalue weighted by Crippen LogP contribution is 2.24. The van der Waals surface area contributed by atoms with Crippen molar-refractivity contribution in [1.82, 2.24) is 15.3 Å². The van der Waals surface area contributed by atoms with Crippen LogP contribution in [0.25, 0.3) is 0 Å². The number of nitrogens with one attached hydrogen (secondary N) is 3. The minimum Gasteiger partial charge on any atom is -0.329 e. The fraction of sp³-hybridized carbons (Fsp3) is 0.0385. The first-order valence-corrected chi connectivity index (χ1v) is 10.3. The lowest BCUT2D eigenvalue weighted by Crippen LogP contribution is -2.27. The van der Waals surface area contributed by atoms with Crippen molar-refractivity contribution in [3.63, 3.8) is 0 Å². The predicted molar refractivity (Wildman–Crippen MR) is 136 cm³/mol. The summed E-state index contributed by atoms with van der Waals surface area (Å²) in [5.41, 5.74) is 3.05. The van der Waals surface area contributed by atoms with Gasteiger partial charge in [0.15, 0.2) is 0 Å². The molecular weight excluding hydrogens is 412 g/mol. The molecule has 7 heteroatoms. The van der Waals surface area contributed by atoms with Crippen molar-refractivity contribution in [2.24, 2.45) is 0 Å². The van der Waals surface area contributed by atoms with Crippen LogP contribution in [0.1, 0.15) is 0 Å². The number of hydrogen-bond acceptors (Lipinski definition) is 5. The quantitative estimate of drug-likeness (QED) is 0.361. The van der Waals surface area contributed by atoms with E-state index < -0.39 is 0 Å². The molecule has 2 amide bonds. The number of rotatable bonds is 9. The molecule has 0 aliphatic rings. The minimum atomic E-state index is -0.360. The highest BCUT2D eigenvalue weighted by molar-refractivity contribution is 5.91. The van der Waals surface area contributed by atoms with Gasteiger partial charge in [-0.25, -0.2) is 9.78 Å². The third-order valence-corrected chi connectivity index (χ3v) is 4.53. The third-order valence-electron chi connectivity index (χ3n) is 4.53. The van der Waals surface area contributed by atoms with Crippen molar-refractivity contribution in [2.75, 3.05) is 22.6 Å². The zero-order chi connectivity index (χ0) is 23.5. The Bertz CT molecular complexity index is 1150. The molecule has 166 valence electrons. The van der Waals surface area contributed by atoms with Crippen molar-refractivity contribution < 1.29 is 4.79 Å². The first-order chi connectivity index (χ1) is 16.1. The number of para-hydroxylation sites is 1. The summed E-state index contributed by atoms with van der Waals surface area (Å²) in [6.45, 7) is 7.30.